The average molecular weight is 726 g/mol. The number of hydrogen-bond donors (Lipinski definition) is 0. The Kier molecular flexibility index (Phi) is 8.95. The molecule has 268 valence electrons. The molecule has 10 aromatic carbocycles. The van der Waals surface area contributed by atoms with Crippen molar-refractivity contribution in [1.29, 1.82) is 0 Å². The second kappa shape index (κ2) is 15.0. The molecule has 1 heteroatoms. The lowest BCUT2D eigenvalue weighted by Gasteiger charge is -2.29. The molecule has 10 rings (SSSR count). The largest absolute Gasteiger partial charge is 0.310 e. The molecule has 0 spiro atoms. The fraction of sp³-hybridized carbons (Fsp3) is 0. The third kappa shape index (κ3) is 6.66. The van der Waals surface area contributed by atoms with E-state index in [4.69, 9.17) is 0 Å². The van der Waals surface area contributed by atoms with Crippen LogP contribution >= 0.6 is 0 Å². The van der Waals surface area contributed by atoms with Crippen LogP contribution in [0.3, 0.4) is 0 Å². The summed E-state index contributed by atoms with van der Waals surface area (Å²) in [7, 11) is 0. The minimum atomic E-state index is 1.09. The monoisotopic (exact) mass is 725 g/mol. The summed E-state index contributed by atoms with van der Waals surface area (Å²) in [4.78, 5) is 2.42. The van der Waals surface area contributed by atoms with Gasteiger partial charge in [0.25, 0.3) is 0 Å². The van der Waals surface area contributed by atoms with Crippen LogP contribution in [0.25, 0.3) is 77.2 Å². The van der Waals surface area contributed by atoms with E-state index in [1.54, 1.807) is 0 Å². The van der Waals surface area contributed by atoms with E-state index in [1.807, 2.05) is 0 Å². The molecule has 0 aliphatic rings. The van der Waals surface area contributed by atoms with Crippen molar-refractivity contribution in [2.75, 3.05) is 4.90 Å². The van der Waals surface area contributed by atoms with Gasteiger partial charge in [-0.2, -0.15) is 0 Å². The zero-order chi connectivity index (χ0) is 38.0. The first-order valence-electron chi connectivity index (χ1n) is 19.6. The van der Waals surface area contributed by atoms with Crippen LogP contribution in [0.5, 0.6) is 0 Å². The molecule has 0 aliphatic carbocycles. The lowest BCUT2D eigenvalue weighted by molar-refractivity contribution is 1.28. The third-order valence-electron chi connectivity index (χ3n) is 11.1. The summed E-state index contributed by atoms with van der Waals surface area (Å²) < 4.78 is 0. The highest BCUT2D eigenvalue weighted by Crippen LogP contribution is 2.45. The molecule has 0 aliphatic heterocycles. The van der Waals surface area contributed by atoms with Crippen LogP contribution in [0, 0.1) is 0 Å². The van der Waals surface area contributed by atoms with Crippen LogP contribution < -0.4 is 4.90 Å². The predicted molar refractivity (Wildman–Crippen MR) is 243 cm³/mol. The van der Waals surface area contributed by atoms with Crippen LogP contribution in [0.15, 0.2) is 237 Å². The summed E-state index contributed by atoms with van der Waals surface area (Å²) in [6, 6.07) is 85.7. The van der Waals surface area contributed by atoms with Gasteiger partial charge in [-0.3, -0.25) is 0 Å². The van der Waals surface area contributed by atoms with Crippen LogP contribution in [0.2, 0.25) is 0 Å². The predicted octanol–water partition coefficient (Wildman–Crippen LogP) is 15.8. The molecule has 10 aromatic rings. The highest BCUT2D eigenvalue weighted by Gasteiger charge is 2.20. The van der Waals surface area contributed by atoms with E-state index in [-0.39, 0.29) is 0 Å². The number of fused-ring (bicyclic) bond motifs is 3. The van der Waals surface area contributed by atoms with Crippen LogP contribution in [0.1, 0.15) is 0 Å². The second-order valence-electron chi connectivity index (χ2n) is 14.5. The highest BCUT2D eigenvalue weighted by molar-refractivity contribution is 6.14. The molecule has 0 aromatic heterocycles. The van der Waals surface area contributed by atoms with Gasteiger partial charge >= 0.3 is 0 Å². The lowest BCUT2D eigenvalue weighted by atomic mass is 9.91. The van der Waals surface area contributed by atoms with Crippen molar-refractivity contribution in [3.05, 3.63) is 237 Å². The average Bonchev–Trinajstić information content (AvgIpc) is 3.30. The molecule has 57 heavy (non-hydrogen) atoms. The maximum atomic E-state index is 2.42. The number of anilines is 3. The summed E-state index contributed by atoms with van der Waals surface area (Å²) in [5.41, 5.74) is 15.2. The first-order chi connectivity index (χ1) is 28.3. The van der Waals surface area contributed by atoms with Crippen molar-refractivity contribution in [3.63, 3.8) is 0 Å². The fourth-order valence-corrected chi connectivity index (χ4v) is 8.21. The number of rotatable bonds is 8. The van der Waals surface area contributed by atoms with Crippen molar-refractivity contribution in [3.8, 4) is 55.6 Å². The van der Waals surface area contributed by atoms with E-state index in [1.165, 1.54) is 71.6 Å². The maximum absolute atomic E-state index is 2.42. The number of nitrogens with zero attached hydrogens (tertiary/aromatic N) is 1. The van der Waals surface area contributed by atoms with Crippen LogP contribution in [-0.4, -0.2) is 0 Å². The Balaban J connectivity index is 1.16. The van der Waals surface area contributed by atoms with Gasteiger partial charge in [0.1, 0.15) is 0 Å². The quantitative estimate of drug-likeness (QED) is 0.141. The highest BCUT2D eigenvalue weighted by atomic mass is 15.1. The molecule has 0 bridgehead atoms. The zero-order valence-corrected chi connectivity index (χ0v) is 31.5. The van der Waals surface area contributed by atoms with E-state index in [9.17, 15) is 0 Å². The van der Waals surface area contributed by atoms with E-state index >= 15 is 0 Å². The van der Waals surface area contributed by atoms with Gasteiger partial charge in [-0.25, -0.2) is 0 Å². The summed E-state index contributed by atoms with van der Waals surface area (Å²) in [5.74, 6) is 0. The molecule has 0 saturated heterocycles. The van der Waals surface area contributed by atoms with Gasteiger partial charge in [0, 0.05) is 16.9 Å². The maximum Gasteiger partial charge on any atom is 0.0546 e. The Morgan fingerprint density at radius 1 is 0.228 bits per heavy atom. The Morgan fingerprint density at radius 2 is 0.667 bits per heavy atom. The van der Waals surface area contributed by atoms with Crippen molar-refractivity contribution >= 4 is 38.6 Å². The van der Waals surface area contributed by atoms with E-state index in [0.29, 0.717) is 0 Å². The van der Waals surface area contributed by atoms with E-state index in [2.05, 4.69) is 241 Å². The smallest absolute Gasteiger partial charge is 0.0546 e. The minimum absolute atomic E-state index is 1.09. The first kappa shape index (κ1) is 34.0. The Labute approximate surface area is 334 Å². The first-order valence-corrected chi connectivity index (χ1v) is 19.6. The van der Waals surface area contributed by atoms with Gasteiger partial charge in [0.15, 0.2) is 0 Å². The van der Waals surface area contributed by atoms with E-state index in [0.717, 1.165) is 22.6 Å². The summed E-state index contributed by atoms with van der Waals surface area (Å²) in [6.45, 7) is 0. The third-order valence-corrected chi connectivity index (χ3v) is 11.1. The fourth-order valence-electron chi connectivity index (χ4n) is 8.21. The summed E-state index contributed by atoms with van der Waals surface area (Å²) in [6.07, 6.45) is 0. The minimum Gasteiger partial charge on any atom is -0.310 e. The topological polar surface area (TPSA) is 3.24 Å². The van der Waals surface area contributed by atoms with Crippen molar-refractivity contribution in [1.82, 2.24) is 0 Å². The van der Waals surface area contributed by atoms with Crippen molar-refractivity contribution in [2.45, 2.75) is 0 Å². The van der Waals surface area contributed by atoms with Gasteiger partial charge in [-0.15, -0.1) is 0 Å². The number of benzene rings is 10. The molecule has 0 saturated carbocycles. The summed E-state index contributed by atoms with van der Waals surface area (Å²) in [5, 5.41) is 5.02. The zero-order valence-electron chi connectivity index (χ0n) is 31.5. The van der Waals surface area contributed by atoms with Crippen LogP contribution in [-0.2, 0) is 0 Å². The molecular weight excluding hydrogens is 687 g/mol. The molecule has 0 fully saturated rings. The molecule has 0 atom stereocenters. The van der Waals surface area contributed by atoms with Gasteiger partial charge in [-0.1, -0.05) is 194 Å². The SMILES string of the molecule is c1ccc(-c2ccc(N(c3ccc(-c4cccc(-c5ccccc5)c4)cc3)c3cc(-c4cc5ccccc5c5ccccc45)ccc3-c3ccccc3)cc2)cc1. The molecule has 1 nitrogen and oxygen atoms in total. The summed E-state index contributed by atoms with van der Waals surface area (Å²) >= 11 is 0. The second-order valence-corrected chi connectivity index (χ2v) is 14.5. The Hall–Kier alpha value is -7.48. The molecule has 0 unspecified atom stereocenters. The number of hydrogen-bond acceptors (Lipinski definition) is 1. The molecule has 0 radical (unpaired) electrons. The van der Waals surface area contributed by atoms with Crippen molar-refractivity contribution in [2.24, 2.45) is 0 Å². The molecule has 0 amide bonds. The lowest BCUT2D eigenvalue weighted by Crippen LogP contribution is -2.11. The molecular formula is C56H39N. The van der Waals surface area contributed by atoms with E-state index < -0.39 is 0 Å². The Morgan fingerprint density at radius 3 is 1.28 bits per heavy atom. The van der Waals surface area contributed by atoms with Gasteiger partial charge < -0.3 is 4.90 Å². The molecule has 0 N–H and O–H groups in total. The molecule has 0 heterocycles. The van der Waals surface area contributed by atoms with Gasteiger partial charge in [0.2, 0.25) is 0 Å². The van der Waals surface area contributed by atoms with Crippen molar-refractivity contribution < 1.29 is 0 Å². The standard InChI is InChI=1S/C56H39N/c1-4-15-40(16-5-1)42-27-32-49(33-28-42)57(50-34-29-43(30-35-50)46-23-14-22-45(37-46)41-17-6-2-7-18-41)56-39-48(31-36-52(56)44-19-8-3-9-20-44)55-38-47-21-10-11-24-51(47)53-25-12-13-26-54(53)55/h1-39H. The normalized spacial score (nSPS) is 11.2. The Bertz CT molecular complexity index is 2970. The van der Waals surface area contributed by atoms with Gasteiger partial charge in [-0.05, 0) is 114 Å². The van der Waals surface area contributed by atoms with Crippen LogP contribution in [0.4, 0.5) is 17.1 Å². The van der Waals surface area contributed by atoms with Gasteiger partial charge in [0.05, 0.1) is 5.69 Å².